The zero-order valence-electron chi connectivity index (χ0n) is 20.0. The Morgan fingerprint density at radius 3 is 2.55 bits per heavy atom. The minimum Gasteiger partial charge on any atom is -0.454 e. The second kappa shape index (κ2) is 10.2. The lowest BCUT2D eigenvalue weighted by Crippen LogP contribution is -2.37. The van der Waals surface area contributed by atoms with Crippen LogP contribution in [-0.4, -0.2) is 32.1 Å². The number of nitrogens with one attached hydrogen (secondary N) is 1. The van der Waals surface area contributed by atoms with Gasteiger partial charge >= 0.3 is 5.69 Å². The summed E-state index contributed by atoms with van der Waals surface area (Å²) in [6.45, 7) is 3.14. The Balaban J connectivity index is 1.38. The number of aromatic amines is 1. The lowest BCUT2D eigenvalue weighted by Gasteiger charge is -2.29. The fourth-order valence-corrected chi connectivity index (χ4v) is 4.84. The molecule has 1 aliphatic rings. The van der Waals surface area contributed by atoms with Crippen LogP contribution in [0.25, 0.3) is 5.69 Å². The Morgan fingerprint density at radius 2 is 1.84 bits per heavy atom. The lowest BCUT2D eigenvalue weighted by molar-refractivity contribution is 0.0727. The van der Waals surface area contributed by atoms with Crippen molar-refractivity contribution in [1.29, 1.82) is 5.26 Å². The van der Waals surface area contributed by atoms with Crippen LogP contribution in [0.1, 0.15) is 32.7 Å². The summed E-state index contributed by atoms with van der Waals surface area (Å²) in [5, 5.41) is 12.9. The van der Waals surface area contributed by atoms with E-state index < -0.39 is 16.9 Å². The molecular formula is C27H19Cl2N5O4. The number of aryl methyl sites for hydroxylation is 1. The molecule has 0 bridgehead atoms. The van der Waals surface area contributed by atoms with Crippen molar-refractivity contribution < 1.29 is 9.53 Å². The smallest absolute Gasteiger partial charge is 0.349 e. The number of fused-ring (bicyclic) bond motifs is 1. The van der Waals surface area contributed by atoms with Gasteiger partial charge < -0.3 is 9.64 Å². The Morgan fingerprint density at radius 1 is 1.08 bits per heavy atom. The molecule has 4 aromatic rings. The number of aromatic nitrogens is 3. The number of rotatable bonds is 5. The van der Waals surface area contributed by atoms with Crippen molar-refractivity contribution in [3.63, 3.8) is 0 Å². The molecule has 1 N–H and O–H groups in total. The summed E-state index contributed by atoms with van der Waals surface area (Å²) in [6, 6.07) is 17.6. The van der Waals surface area contributed by atoms with Gasteiger partial charge in [-0.2, -0.15) is 9.94 Å². The zero-order chi connectivity index (χ0) is 27.0. The van der Waals surface area contributed by atoms with Crippen LogP contribution < -0.4 is 16.0 Å². The number of carbonyl (C=O) groups excluding carboxylic acids is 1. The molecule has 3 aromatic carbocycles. The summed E-state index contributed by atoms with van der Waals surface area (Å²) in [7, 11) is 0. The Hall–Kier alpha value is -4.39. The van der Waals surface area contributed by atoms with Gasteiger partial charge in [0.05, 0.1) is 15.7 Å². The zero-order valence-corrected chi connectivity index (χ0v) is 21.5. The third-order valence-electron chi connectivity index (χ3n) is 6.08. The van der Waals surface area contributed by atoms with E-state index in [0.29, 0.717) is 30.8 Å². The van der Waals surface area contributed by atoms with Crippen LogP contribution in [0.3, 0.4) is 0 Å². The molecule has 1 amide bonds. The second-order valence-corrected chi connectivity index (χ2v) is 9.57. The lowest BCUT2D eigenvalue weighted by atomic mass is 9.98. The first-order valence-electron chi connectivity index (χ1n) is 11.5. The number of hydrogen-bond acceptors (Lipinski definition) is 6. The third-order valence-corrected chi connectivity index (χ3v) is 6.64. The van der Waals surface area contributed by atoms with Crippen LogP contribution in [-0.2, 0) is 13.0 Å². The molecule has 11 heteroatoms. The van der Waals surface area contributed by atoms with Crippen molar-refractivity contribution in [2.45, 2.75) is 19.9 Å². The summed E-state index contributed by atoms with van der Waals surface area (Å²) in [6.07, 6.45) is 0.659. The maximum atomic E-state index is 13.1. The van der Waals surface area contributed by atoms with E-state index >= 15 is 0 Å². The molecule has 0 saturated carbocycles. The Bertz CT molecular complexity index is 1730. The SMILES string of the molecule is Cc1cccc(CN2CCc3cc(Oc4c(Cl)cc(-n5nc(C#N)c(=O)[nH]c5=O)cc4Cl)ccc3C2=O)c1. The molecule has 0 unspecified atom stereocenters. The first-order valence-corrected chi connectivity index (χ1v) is 12.3. The van der Waals surface area contributed by atoms with Gasteiger partial charge in [-0.05, 0) is 54.8 Å². The molecule has 2 heterocycles. The topological polar surface area (TPSA) is 121 Å². The maximum Gasteiger partial charge on any atom is 0.349 e. The standard InChI is InChI=1S/C27H19Cl2N5O4/c1-15-3-2-4-16(9-15)14-33-8-7-17-10-19(5-6-20(17)26(33)36)38-24-21(28)11-18(12-22(24)29)34-27(37)31-25(35)23(13-30)32-34/h2-6,9-12H,7-8,14H2,1H3,(H,31,35,37). The quantitative estimate of drug-likeness (QED) is 0.395. The molecule has 0 atom stereocenters. The average molecular weight is 548 g/mol. The Kier molecular flexibility index (Phi) is 6.76. The molecule has 38 heavy (non-hydrogen) atoms. The highest BCUT2D eigenvalue weighted by molar-refractivity contribution is 6.37. The number of carbonyl (C=O) groups is 1. The number of ether oxygens (including phenoxy) is 1. The van der Waals surface area contributed by atoms with E-state index in [1.54, 1.807) is 24.3 Å². The van der Waals surface area contributed by atoms with Gasteiger partial charge in [0.25, 0.3) is 11.5 Å². The van der Waals surface area contributed by atoms with Crippen LogP contribution >= 0.6 is 23.2 Å². The van der Waals surface area contributed by atoms with Crippen LogP contribution in [0.5, 0.6) is 11.5 Å². The molecular weight excluding hydrogens is 529 g/mol. The number of nitriles is 1. The largest absolute Gasteiger partial charge is 0.454 e. The summed E-state index contributed by atoms with van der Waals surface area (Å²) < 4.78 is 6.77. The molecule has 0 radical (unpaired) electrons. The number of hydrogen-bond donors (Lipinski definition) is 1. The number of halogens is 2. The molecule has 0 fully saturated rings. The highest BCUT2D eigenvalue weighted by atomic mass is 35.5. The minimum atomic E-state index is -0.893. The van der Waals surface area contributed by atoms with Crippen molar-refractivity contribution in [1.82, 2.24) is 19.7 Å². The van der Waals surface area contributed by atoms with Crippen LogP contribution in [0, 0.1) is 18.3 Å². The van der Waals surface area contributed by atoms with Gasteiger partial charge in [-0.1, -0.05) is 53.0 Å². The molecule has 9 nitrogen and oxygen atoms in total. The highest BCUT2D eigenvalue weighted by Gasteiger charge is 2.25. The van der Waals surface area contributed by atoms with Crippen molar-refractivity contribution >= 4 is 29.1 Å². The first-order chi connectivity index (χ1) is 18.2. The minimum absolute atomic E-state index is 0.0460. The Labute approximate surface area is 226 Å². The fourth-order valence-electron chi connectivity index (χ4n) is 4.29. The maximum absolute atomic E-state index is 13.1. The summed E-state index contributed by atoms with van der Waals surface area (Å²) in [4.78, 5) is 40.8. The van der Waals surface area contributed by atoms with Crippen molar-refractivity contribution in [2.75, 3.05) is 6.54 Å². The van der Waals surface area contributed by atoms with Crippen molar-refractivity contribution in [2.24, 2.45) is 0 Å². The summed E-state index contributed by atoms with van der Waals surface area (Å²) in [5.41, 5.74) is 1.59. The van der Waals surface area contributed by atoms with Gasteiger partial charge in [0.2, 0.25) is 5.69 Å². The van der Waals surface area contributed by atoms with E-state index in [1.165, 1.54) is 12.1 Å². The van der Waals surface area contributed by atoms with E-state index in [0.717, 1.165) is 21.4 Å². The normalized spacial score (nSPS) is 12.7. The fraction of sp³-hybridized carbons (Fsp3) is 0.148. The molecule has 5 rings (SSSR count). The number of H-pyrrole nitrogens is 1. The van der Waals surface area contributed by atoms with E-state index in [4.69, 9.17) is 33.2 Å². The summed E-state index contributed by atoms with van der Waals surface area (Å²) in [5.74, 6) is 0.528. The van der Waals surface area contributed by atoms with Crippen molar-refractivity contribution in [3.05, 3.63) is 113 Å². The van der Waals surface area contributed by atoms with Gasteiger partial charge in [-0.3, -0.25) is 14.6 Å². The predicted molar refractivity (Wildman–Crippen MR) is 141 cm³/mol. The molecule has 0 spiro atoms. The predicted octanol–water partition coefficient (Wildman–Crippen LogP) is 4.40. The van der Waals surface area contributed by atoms with E-state index in [-0.39, 0.29) is 27.4 Å². The second-order valence-electron chi connectivity index (χ2n) is 8.76. The molecule has 1 aromatic heterocycles. The van der Waals surface area contributed by atoms with E-state index in [9.17, 15) is 14.4 Å². The number of benzene rings is 3. The van der Waals surface area contributed by atoms with Gasteiger partial charge in [0, 0.05) is 18.7 Å². The first kappa shape index (κ1) is 25.3. The third kappa shape index (κ3) is 4.92. The van der Waals surface area contributed by atoms with Gasteiger partial charge in [0.15, 0.2) is 5.75 Å². The monoisotopic (exact) mass is 547 g/mol. The molecule has 0 aliphatic carbocycles. The van der Waals surface area contributed by atoms with Gasteiger partial charge in [-0.15, -0.1) is 5.10 Å². The highest BCUT2D eigenvalue weighted by Crippen LogP contribution is 2.39. The van der Waals surface area contributed by atoms with Crippen LogP contribution in [0.15, 0.2) is 64.2 Å². The number of amides is 1. The van der Waals surface area contributed by atoms with Gasteiger partial charge in [-0.25, -0.2) is 4.79 Å². The van der Waals surface area contributed by atoms with Gasteiger partial charge in [0.1, 0.15) is 11.8 Å². The molecule has 1 aliphatic heterocycles. The molecule has 190 valence electrons. The van der Waals surface area contributed by atoms with Crippen LogP contribution in [0.4, 0.5) is 0 Å². The van der Waals surface area contributed by atoms with E-state index in [2.05, 4.69) is 11.2 Å². The van der Waals surface area contributed by atoms with Crippen LogP contribution in [0.2, 0.25) is 10.0 Å². The van der Waals surface area contributed by atoms with Crippen molar-refractivity contribution in [3.8, 4) is 23.3 Å². The number of nitrogens with zero attached hydrogens (tertiary/aromatic N) is 4. The summed E-state index contributed by atoms with van der Waals surface area (Å²) >= 11 is 12.8. The average Bonchev–Trinajstić information content (AvgIpc) is 2.88. The molecule has 0 saturated heterocycles. The van der Waals surface area contributed by atoms with E-state index in [1.807, 2.05) is 35.0 Å².